The Morgan fingerprint density at radius 2 is 1.55 bits per heavy atom. The van der Waals surface area contributed by atoms with Crippen molar-refractivity contribution in [3.63, 3.8) is 0 Å². The second kappa shape index (κ2) is 8.22. The van der Waals surface area contributed by atoms with Gasteiger partial charge in [0.1, 0.15) is 23.7 Å². The number of fused-ring (bicyclic) bond motifs is 1. The van der Waals surface area contributed by atoms with Crippen LogP contribution in [0.2, 0.25) is 0 Å². The SMILES string of the molecule is FC(F)c1cc(-c2ccc3ncnc(N4CCN(c5ccccn5)CC4)c3c2)ccn1. The van der Waals surface area contributed by atoms with Crippen LogP contribution in [0.15, 0.2) is 67.3 Å². The largest absolute Gasteiger partial charge is 0.353 e. The second-order valence-corrected chi connectivity index (χ2v) is 7.36. The number of nitrogens with zero attached hydrogens (tertiary/aromatic N) is 6. The molecule has 5 rings (SSSR count). The Bertz CT molecular complexity index is 1190. The Balaban J connectivity index is 1.45. The molecule has 6 nitrogen and oxygen atoms in total. The van der Waals surface area contributed by atoms with E-state index in [1.54, 1.807) is 18.6 Å². The van der Waals surface area contributed by atoms with Crippen molar-refractivity contribution >= 4 is 22.5 Å². The van der Waals surface area contributed by atoms with Gasteiger partial charge in [-0.05, 0) is 47.5 Å². The summed E-state index contributed by atoms with van der Waals surface area (Å²) in [6.07, 6.45) is 2.19. The highest BCUT2D eigenvalue weighted by Gasteiger charge is 2.21. The van der Waals surface area contributed by atoms with Gasteiger partial charge >= 0.3 is 0 Å². The van der Waals surface area contributed by atoms with Crippen LogP contribution in [0.5, 0.6) is 0 Å². The van der Waals surface area contributed by atoms with E-state index in [0.29, 0.717) is 5.56 Å². The fourth-order valence-electron chi connectivity index (χ4n) is 3.91. The van der Waals surface area contributed by atoms with E-state index in [0.717, 1.165) is 54.3 Å². The van der Waals surface area contributed by atoms with Crippen molar-refractivity contribution in [3.05, 3.63) is 72.9 Å². The molecule has 1 aromatic carbocycles. The first kappa shape index (κ1) is 19.3. The number of benzene rings is 1. The molecule has 1 aliphatic rings. The molecule has 1 fully saturated rings. The second-order valence-electron chi connectivity index (χ2n) is 7.36. The van der Waals surface area contributed by atoms with Crippen LogP contribution in [0.25, 0.3) is 22.0 Å². The van der Waals surface area contributed by atoms with E-state index in [2.05, 4.69) is 29.7 Å². The average molecular weight is 418 g/mol. The fourth-order valence-corrected chi connectivity index (χ4v) is 3.91. The van der Waals surface area contributed by atoms with Crippen LogP contribution in [-0.4, -0.2) is 46.1 Å². The van der Waals surface area contributed by atoms with Crippen molar-refractivity contribution in [1.29, 1.82) is 0 Å². The highest BCUT2D eigenvalue weighted by atomic mass is 19.3. The summed E-state index contributed by atoms with van der Waals surface area (Å²) in [7, 11) is 0. The van der Waals surface area contributed by atoms with Gasteiger partial charge in [0.25, 0.3) is 6.43 Å². The molecule has 0 bridgehead atoms. The zero-order chi connectivity index (χ0) is 21.2. The van der Waals surface area contributed by atoms with Gasteiger partial charge in [0, 0.05) is 44.0 Å². The molecular weight excluding hydrogens is 398 g/mol. The number of rotatable bonds is 4. The van der Waals surface area contributed by atoms with E-state index in [9.17, 15) is 8.78 Å². The molecule has 1 aliphatic heterocycles. The number of aromatic nitrogens is 4. The van der Waals surface area contributed by atoms with Gasteiger partial charge in [0.15, 0.2) is 0 Å². The lowest BCUT2D eigenvalue weighted by atomic mass is 10.0. The molecule has 0 radical (unpaired) electrons. The molecule has 1 saturated heterocycles. The number of halogens is 2. The molecule has 0 saturated carbocycles. The quantitative estimate of drug-likeness (QED) is 0.491. The van der Waals surface area contributed by atoms with Crippen LogP contribution in [0.3, 0.4) is 0 Å². The number of anilines is 2. The third kappa shape index (κ3) is 3.88. The molecule has 4 aromatic rings. The number of pyridine rings is 2. The molecule has 3 aromatic heterocycles. The van der Waals surface area contributed by atoms with Crippen LogP contribution in [0.1, 0.15) is 12.1 Å². The Hall–Kier alpha value is -3.68. The maximum Gasteiger partial charge on any atom is 0.280 e. The van der Waals surface area contributed by atoms with Gasteiger partial charge in [-0.3, -0.25) is 4.98 Å². The van der Waals surface area contributed by atoms with Gasteiger partial charge in [0.05, 0.1) is 5.52 Å². The van der Waals surface area contributed by atoms with Gasteiger partial charge in [-0.2, -0.15) is 0 Å². The molecule has 0 N–H and O–H groups in total. The summed E-state index contributed by atoms with van der Waals surface area (Å²) in [5.41, 5.74) is 2.12. The molecule has 31 heavy (non-hydrogen) atoms. The minimum Gasteiger partial charge on any atom is -0.353 e. The molecule has 4 heterocycles. The Morgan fingerprint density at radius 3 is 2.32 bits per heavy atom. The van der Waals surface area contributed by atoms with Crippen LogP contribution in [-0.2, 0) is 0 Å². The molecule has 8 heteroatoms. The summed E-state index contributed by atoms with van der Waals surface area (Å²) < 4.78 is 26.2. The third-order valence-corrected chi connectivity index (χ3v) is 5.50. The highest BCUT2D eigenvalue weighted by Crippen LogP contribution is 2.30. The Kier molecular flexibility index (Phi) is 5.11. The van der Waals surface area contributed by atoms with Crippen molar-refractivity contribution in [2.24, 2.45) is 0 Å². The number of alkyl halides is 2. The summed E-state index contributed by atoms with van der Waals surface area (Å²) in [6.45, 7) is 3.28. The Labute approximate surface area is 178 Å². The average Bonchev–Trinajstić information content (AvgIpc) is 2.84. The number of piperazine rings is 1. The van der Waals surface area contributed by atoms with E-state index in [-0.39, 0.29) is 5.69 Å². The first-order valence-corrected chi connectivity index (χ1v) is 10.1. The van der Waals surface area contributed by atoms with Crippen molar-refractivity contribution in [2.45, 2.75) is 6.43 Å². The fraction of sp³-hybridized carbons (Fsp3) is 0.217. The normalized spacial score (nSPS) is 14.4. The van der Waals surface area contributed by atoms with Gasteiger partial charge in [-0.1, -0.05) is 12.1 Å². The minimum atomic E-state index is -2.60. The molecular formula is C23H20F2N6. The van der Waals surface area contributed by atoms with Crippen molar-refractivity contribution in [3.8, 4) is 11.1 Å². The van der Waals surface area contributed by atoms with Gasteiger partial charge < -0.3 is 9.80 Å². The van der Waals surface area contributed by atoms with Crippen molar-refractivity contribution in [1.82, 2.24) is 19.9 Å². The predicted octanol–water partition coefficient (Wildman–Crippen LogP) is 4.35. The Morgan fingerprint density at radius 1 is 0.742 bits per heavy atom. The molecule has 0 aliphatic carbocycles. The molecule has 0 spiro atoms. The van der Waals surface area contributed by atoms with E-state index in [4.69, 9.17) is 0 Å². The van der Waals surface area contributed by atoms with E-state index < -0.39 is 6.43 Å². The van der Waals surface area contributed by atoms with E-state index in [1.165, 1.54) is 12.3 Å². The molecule has 0 amide bonds. The minimum absolute atomic E-state index is 0.229. The predicted molar refractivity (Wildman–Crippen MR) is 116 cm³/mol. The number of hydrogen-bond acceptors (Lipinski definition) is 6. The lowest BCUT2D eigenvalue weighted by molar-refractivity contribution is 0.146. The topological polar surface area (TPSA) is 58.0 Å². The van der Waals surface area contributed by atoms with Crippen molar-refractivity contribution in [2.75, 3.05) is 36.0 Å². The van der Waals surface area contributed by atoms with Crippen LogP contribution >= 0.6 is 0 Å². The summed E-state index contributed by atoms with van der Waals surface area (Å²) in [5.74, 6) is 1.83. The third-order valence-electron chi connectivity index (χ3n) is 5.50. The zero-order valence-electron chi connectivity index (χ0n) is 16.7. The van der Waals surface area contributed by atoms with Crippen LogP contribution in [0, 0.1) is 0 Å². The lowest BCUT2D eigenvalue weighted by Gasteiger charge is -2.36. The lowest BCUT2D eigenvalue weighted by Crippen LogP contribution is -2.47. The summed E-state index contributed by atoms with van der Waals surface area (Å²) >= 11 is 0. The van der Waals surface area contributed by atoms with Gasteiger partial charge in [-0.25, -0.2) is 23.7 Å². The molecule has 156 valence electrons. The van der Waals surface area contributed by atoms with E-state index in [1.807, 2.05) is 36.4 Å². The maximum absolute atomic E-state index is 13.1. The molecule has 0 atom stereocenters. The van der Waals surface area contributed by atoms with E-state index >= 15 is 0 Å². The zero-order valence-corrected chi connectivity index (χ0v) is 16.7. The summed E-state index contributed by atoms with van der Waals surface area (Å²) in [6, 6.07) is 14.9. The molecule has 0 unspecified atom stereocenters. The van der Waals surface area contributed by atoms with Crippen LogP contribution in [0.4, 0.5) is 20.4 Å². The first-order chi connectivity index (χ1) is 15.2. The van der Waals surface area contributed by atoms with Gasteiger partial charge in [-0.15, -0.1) is 0 Å². The summed E-state index contributed by atoms with van der Waals surface area (Å²) in [5, 5.41) is 0.904. The highest BCUT2D eigenvalue weighted by molar-refractivity contribution is 5.93. The number of hydrogen-bond donors (Lipinski definition) is 0. The smallest absolute Gasteiger partial charge is 0.280 e. The first-order valence-electron chi connectivity index (χ1n) is 10.1. The standard InChI is InChI=1S/C23H20F2N6/c24-22(25)20-14-17(6-8-26-20)16-4-5-19-18(13-16)23(29-15-28-19)31-11-9-30(10-12-31)21-3-1-2-7-27-21/h1-8,13-15,22H,9-12H2. The maximum atomic E-state index is 13.1. The monoisotopic (exact) mass is 418 g/mol. The van der Waals surface area contributed by atoms with Gasteiger partial charge in [0.2, 0.25) is 0 Å². The van der Waals surface area contributed by atoms with Crippen molar-refractivity contribution < 1.29 is 8.78 Å². The van der Waals surface area contributed by atoms with Crippen LogP contribution < -0.4 is 9.80 Å². The summed E-state index contributed by atoms with van der Waals surface area (Å²) in [4.78, 5) is 21.6.